The molecule has 8 atom stereocenters. The zero-order valence-corrected chi connectivity index (χ0v) is 27.5. The van der Waals surface area contributed by atoms with Crippen LogP contribution in [-0.2, 0) is 28.7 Å². The average molecular weight is 642 g/mol. The van der Waals surface area contributed by atoms with Crippen molar-refractivity contribution in [2.45, 2.75) is 76.5 Å². The molecule has 0 aliphatic carbocycles. The second kappa shape index (κ2) is 12.7. The number of hydrogen-bond acceptors (Lipinski definition) is 7. The summed E-state index contributed by atoms with van der Waals surface area (Å²) in [5, 5.41) is 10.3. The molecule has 2 aromatic rings. The molecular formula is C37H43N3O7. The van der Waals surface area contributed by atoms with Crippen molar-refractivity contribution in [3.8, 4) is 0 Å². The fourth-order valence-electron chi connectivity index (χ4n) is 7.82. The molecule has 0 unspecified atom stereocenters. The van der Waals surface area contributed by atoms with E-state index >= 15 is 0 Å². The van der Waals surface area contributed by atoms with E-state index in [1.54, 1.807) is 42.0 Å². The largest absolute Gasteiger partial charge is 0.455 e. The first-order valence-corrected chi connectivity index (χ1v) is 16.4. The van der Waals surface area contributed by atoms with Crippen LogP contribution in [0.4, 0.5) is 5.69 Å². The molecule has 248 valence electrons. The SMILES string of the molecule is Cc1cccc(C)c1N1CC=C[C@@]23O[C@H]4/C=C\CCC(=O)N(C)[C@@H](C)[C@H](c5ccccc5)OC(=O)[C@H]4[C@@H]2C(=O)N([C@H](C)CO)[C@H]3C1=O. The number of aliphatic hydroxyl groups is 1. The molecule has 2 aromatic carbocycles. The van der Waals surface area contributed by atoms with Gasteiger partial charge in [0.05, 0.1) is 30.7 Å². The Morgan fingerprint density at radius 2 is 1.68 bits per heavy atom. The number of fused-ring (bicyclic) bond motifs is 2. The van der Waals surface area contributed by atoms with Gasteiger partial charge in [0.2, 0.25) is 11.8 Å². The number of benzene rings is 2. The number of carbonyl (C=O) groups is 4. The van der Waals surface area contributed by atoms with Gasteiger partial charge in [0.1, 0.15) is 23.7 Å². The minimum absolute atomic E-state index is 0.0909. The zero-order valence-electron chi connectivity index (χ0n) is 27.5. The van der Waals surface area contributed by atoms with Gasteiger partial charge >= 0.3 is 5.97 Å². The summed E-state index contributed by atoms with van der Waals surface area (Å²) in [6.45, 7) is 7.27. The third-order valence-corrected chi connectivity index (χ3v) is 10.3. The molecule has 1 spiro atoms. The molecule has 0 saturated carbocycles. The van der Waals surface area contributed by atoms with Crippen LogP contribution in [0.2, 0.25) is 0 Å². The van der Waals surface area contributed by atoms with E-state index in [0.717, 1.165) is 16.8 Å². The fraction of sp³-hybridized carbons (Fsp3) is 0.459. The number of rotatable bonds is 4. The maximum Gasteiger partial charge on any atom is 0.313 e. The lowest BCUT2D eigenvalue weighted by atomic mass is 9.77. The van der Waals surface area contributed by atoms with Crippen LogP contribution in [0.3, 0.4) is 0 Å². The molecule has 0 aromatic heterocycles. The second-order valence-corrected chi connectivity index (χ2v) is 13.2. The van der Waals surface area contributed by atoms with E-state index in [0.29, 0.717) is 12.0 Å². The Labute approximate surface area is 275 Å². The van der Waals surface area contributed by atoms with Crippen molar-refractivity contribution in [3.05, 3.63) is 89.5 Å². The molecule has 47 heavy (non-hydrogen) atoms. The number of allylic oxidation sites excluding steroid dienone is 1. The van der Waals surface area contributed by atoms with Crippen molar-refractivity contribution >= 4 is 29.4 Å². The first kappa shape index (κ1) is 32.7. The summed E-state index contributed by atoms with van der Waals surface area (Å²) in [7, 11) is 1.70. The van der Waals surface area contributed by atoms with Crippen LogP contribution < -0.4 is 4.90 Å². The average Bonchev–Trinajstić information content (AvgIpc) is 3.46. The quantitative estimate of drug-likeness (QED) is 0.400. The summed E-state index contributed by atoms with van der Waals surface area (Å²) in [6, 6.07) is 12.7. The minimum atomic E-state index is -1.50. The van der Waals surface area contributed by atoms with Gasteiger partial charge in [-0.2, -0.15) is 0 Å². The molecule has 4 heterocycles. The molecule has 6 rings (SSSR count). The van der Waals surface area contributed by atoms with Gasteiger partial charge in [0.25, 0.3) is 5.91 Å². The maximum absolute atomic E-state index is 14.8. The van der Waals surface area contributed by atoms with Crippen molar-refractivity contribution < 1.29 is 33.8 Å². The first-order chi connectivity index (χ1) is 22.5. The Hall–Kier alpha value is -4.28. The van der Waals surface area contributed by atoms with Crippen LogP contribution in [0.25, 0.3) is 0 Å². The van der Waals surface area contributed by atoms with Crippen molar-refractivity contribution in [1.29, 1.82) is 0 Å². The predicted octanol–water partition coefficient (Wildman–Crippen LogP) is 3.65. The van der Waals surface area contributed by atoms with Crippen molar-refractivity contribution in [1.82, 2.24) is 9.80 Å². The topological polar surface area (TPSA) is 117 Å². The predicted molar refractivity (Wildman–Crippen MR) is 175 cm³/mol. The number of nitrogens with zero attached hydrogens (tertiary/aromatic N) is 3. The van der Waals surface area contributed by atoms with Crippen LogP contribution >= 0.6 is 0 Å². The summed E-state index contributed by atoms with van der Waals surface area (Å²) >= 11 is 0. The van der Waals surface area contributed by atoms with Gasteiger partial charge in [-0.25, -0.2) is 0 Å². The summed E-state index contributed by atoms with van der Waals surface area (Å²) in [5.74, 6) is -3.70. The van der Waals surface area contributed by atoms with Crippen LogP contribution in [0, 0.1) is 25.7 Å². The van der Waals surface area contributed by atoms with Gasteiger partial charge in [0.15, 0.2) is 0 Å². The Kier molecular flexibility index (Phi) is 8.84. The summed E-state index contributed by atoms with van der Waals surface area (Å²) < 4.78 is 13.1. The number of amides is 3. The Morgan fingerprint density at radius 3 is 2.36 bits per heavy atom. The molecule has 1 N–H and O–H groups in total. The van der Waals surface area contributed by atoms with E-state index in [9.17, 15) is 24.3 Å². The van der Waals surface area contributed by atoms with Crippen LogP contribution in [0.15, 0.2) is 72.8 Å². The Morgan fingerprint density at radius 1 is 0.979 bits per heavy atom. The molecule has 3 amide bonds. The second-order valence-electron chi connectivity index (χ2n) is 13.2. The third kappa shape index (κ3) is 5.37. The highest BCUT2D eigenvalue weighted by Gasteiger charge is 2.72. The minimum Gasteiger partial charge on any atom is -0.455 e. The lowest BCUT2D eigenvalue weighted by Gasteiger charge is -2.38. The van der Waals surface area contributed by atoms with Crippen LogP contribution in [0.5, 0.6) is 0 Å². The number of aliphatic hydroxyl groups excluding tert-OH is 1. The number of aryl methyl sites for hydroxylation is 2. The standard InChI is InChI=1S/C37H43N3O7/c1-22-13-11-14-23(2)31(22)39-20-12-19-37-30(34(43)40(24(3)21-41)33(37)35(39)44)29-27(47-37)17-9-10-18-28(42)38(5)25(4)32(46-36(29)45)26-15-7-6-8-16-26/h6-9,11-17,19,24-25,27,29-30,32-33,41H,10,18,20-21H2,1-5H3/b17-9-/t24-,25+,27+,29-,30-,32-,33+,37-/m1/s1. The lowest BCUT2D eigenvalue weighted by molar-refractivity contribution is -0.164. The molecule has 4 aliphatic rings. The number of ether oxygens (including phenoxy) is 2. The molecule has 4 aliphatic heterocycles. The summed E-state index contributed by atoms with van der Waals surface area (Å²) in [6.07, 6.45) is 6.08. The van der Waals surface area contributed by atoms with Gasteiger partial charge in [-0.3, -0.25) is 19.2 Å². The monoisotopic (exact) mass is 641 g/mol. The third-order valence-electron chi connectivity index (χ3n) is 10.3. The number of carbonyl (C=O) groups excluding carboxylic acids is 4. The Balaban J connectivity index is 1.47. The number of hydrogen-bond donors (Lipinski definition) is 1. The number of esters is 1. The number of anilines is 1. The molecule has 0 bridgehead atoms. The number of cyclic esters (lactones) is 1. The smallest absolute Gasteiger partial charge is 0.313 e. The van der Waals surface area contributed by atoms with E-state index in [2.05, 4.69) is 0 Å². The van der Waals surface area contributed by atoms with E-state index in [1.165, 1.54) is 4.90 Å². The number of likely N-dealkylation sites (tertiary alicyclic amines) is 1. The number of likely N-dealkylation sites (N-methyl/N-ethyl adjacent to an activating group) is 1. The summed E-state index contributed by atoms with van der Waals surface area (Å²) in [4.78, 5) is 61.7. The maximum atomic E-state index is 14.8. The molecule has 10 heteroatoms. The van der Waals surface area contributed by atoms with Gasteiger partial charge in [-0.1, -0.05) is 72.8 Å². The van der Waals surface area contributed by atoms with Crippen LogP contribution in [0.1, 0.15) is 49.5 Å². The van der Waals surface area contributed by atoms with E-state index < -0.39 is 59.6 Å². The molecular weight excluding hydrogens is 598 g/mol. The molecule has 2 fully saturated rings. The zero-order chi connectivity index (χ0) is 33.6. The van der Waals surface area contributed by atoms with E-state index in [1.807, 2.05) is 75.4 Å². The molecule has 2 saturated heterocycles. The number of para-hydroxylation sites is 1. The van der Waals surface area contributed by atoms with Gasteiger partial charge < -0.3 is 29.3 Å². The molecule has 10 nitrogen and oxygen atoms in total. The fourth-order valence-corrected chi connectivity index (χ4v) is 7.82. The summed E-state index contributed by atoms with van der Waals surface area (Å²) in [5.41, 5.74) is 1.79. The van der Waals surface area contributed by atoms with Crippen molar-refractivity contribution in [2.24, 2.45) is 11.8 Å². The first-order valence-electron chi connectivity index (χ1n) is 16.4. The van der Waals surface area contributed by atoms with Gasteiger partial charge in [0, 0.05) is 25.7 Å². The highest BCUT2D eigenvalue weighted by atomic mass is 16.6. The normalized spacial score (nSPS) is 32.5. The highest BCUT2D eigenvalue weighted by Crippen LogP contribution is 2.54. The van der Waals surface area contributed by atoms with E-state index in [-0.39, 0.29) is 31.4 Å². The highest BCUT2D eigenvalue weighted by molar-refractivity contribution is 6.06. The van der Waals surface area contributed by atoms with Crippen molar-refractivity contribution in [2.75, 3.05) is 25.1 Å². The van der Waals surface area contributed by atoms with Crippen molar-refractivity contribution in [3.63, 3.8) is 0 Å². The Bertz CT molecular complexity index is 1600. The molecule has 0 radical (unpaired) electrons. The van der Waals surface area contributed by atoms with Gasteiger partial charge in [-0.15, -0.1) is 0 Å². The lowest BCUT2D eigenvalue weighted by Crippen LogP contribution is -2.58. The van der Waals surface area contributed by atoms with Gasteiger partial charge in [-0.05, 0) is 50.8 Å². The van der Waals surface area contributed by atoms with Crippen LogP contribution in [-0.4, -0.2) is 88.6 Å². The van der Waals surface area contributed by atoms with E-state index in [4.69, 9.17) is 9.47 Å².